The summed E-state index contributed by atoms with van der Waals surface area (Å²) in [6, 6.07) is -0.554. The summed E-state index contributed by atoms with van der Waals surface area (Å²) in [5, 5.41) is 2.60. The maximum absolute atomic E-state index is 12.6. The predicted molar refractivity (Wildman–Crippen MR) is 71.2 cm³/mol. The van der Waals surface area contributed by atoms with Crippen molar-refractivity contribution < 1.29 is 19.1 Å². The van der Waals surface area contributed by atoms with Crippen LogP contribution >= 0.6 is 0 Å². The molecular weight excluding hydrogens is 260 g/mol. The molecule has 20 heavy (non-hydrogen) atoms. The number of rotatable bonds is 1. The largest absolute Gasteiger partial charge is 0.444 e. The van der Waals surface area contributed by atoms with E-state index in [-0.39, 0.29) is 11.5 Å². The molecule has 6 heteroatoms. The van der Waals surface area contributed by atoms with Gasteiger partial charge < -0.3 is 19.7 Å². The monoisotopic (exact) mass is 282 g/mol. The summed E-state index contributed by atoms with van der Waals surface area (Å²) in [7, 11) is 0. The van der Waals surface area contributed by atoms with Gasteiger partial charge >= 0.3 is 6.09 Å². The molecule has 0 unspecified atom stereocenters. The van der Waals surface area contributed by atoms with Gasteiger partial charge in [0.25, 0.3) is 0 Å². The second-order valence-corrected chi connectivity index (χ2v) is 6.08. The van der Waals surface area contributed by atoms with Crippen molar-refractivity contribution in [2.45, 2.75) is 56.8 Å². The number of hydrogen-bond acceptors (Lipinski definition) is 4. The zero-order chi connectivity index (χ0) is 14.2. The summed E-state index contributed by atoms with van der Waals surface area (Å²) < 4.78 is 11.0. The van der Waals surface area contributed by atoms with E-state index in [9.17, 15) is 9.59 Å². The van der Waals surface area contributed by atoms with Crippen molar-refractivity contribution in [1.82, 2.24) is 10.2 Å². The molecule has 0 aromatic carbocycles. The molecule has 0 bridgehead atoms. The molecule has 2 aliphatic heterocycles. The van der Waals surface area contributed by atoms with Crippen LogP contribution in [0.25, 0.3) is 0 Å². The minimum atomic E-state index is -0.554. The Labute approximate surface area is 118 Å². The standard InChI is InChI=1S/C14H22N2O4/c1-10-11(15-13(18)20-10)12(17)16-7-8-19-14(9-16)5-3-2-4-6-14/h10-11H,2-9H2,1H3,(H,15,18)/t10-,11-/m1/s1. The lowest BCUT2D eigenvalue weighted by molar-refractivity contribution is -0.158. The molecule has 0 aromatic rings. The van der Waals surface area contributed by atoms with E-state index in [2.05, 4.69) is 5.32 Å². The normalized spacial score (nSPS) is 32.9. The van der Waals surface area contributed by atoms with E-state index in [1.807, 2.05) is 4.90 Å². The lowest BCUT2D eigenvalue weighted by Gasteiger charge is -2.45. The van der Waals surface area contributed by atoms with E-state index in [1.54, 1.807) is 6.92 Å². The van der Waals surface area contributed by atoms with Gasteiger partial charge in [-0.05, 0) is 19.8 Å². The Morgan fingerprint density at radius 3 is 2.75 bits per heavy atom. The Morgan fingerprint density at radius 2 is 2.10 bits per heavy atom. The first kappa shape index (κ1) is 13.7. The topological polar surface area (TPSA) is 67.9 Å². The van der Waals surface area contributed by atoms with Crippen LogP contribution in [0.4, 0.5) is 4.79 Å². The van der Waals surface area contributed by atoms with Gasteiger partial charge in [0, 0.05) is 13.1 Å². The minimum absolute atomic E-state index is 0.0448. The number of alkyl carbamates (subject to hydrolysis) is 1. The van der Waals surface area contributed by atoms with Crippen molar-refractivity contribution in [3.8, 4) is 0 Å². The predicted octanol–water partition coefficient (Wildman–Crippen LogP) is 1.04. The van der Waals surface area contributed by atoms with Crippen LogP contribution in [0.2, 0.25) is 0 Å². The Morgan fingerprint density at radius 1 is 1.35 bits per heavy atom. The molecule has 3 rings (SSSR count). The van der Waals surface area contributed by atoms with E-state index in [0.29, 0.717) is 19.7 Å². The smallest absolute Gasteiger partial charge is 0.408 e. The molecule has 6 nitrogen and oxygen atoms in total. The molecule has 1 saturated carbocycles. The van der Waals surface area contributed by atoms with E-state index < -0.39 is 18.2 Å². The van der Waals surface area contributed by atoms with Gasteiger partial charge in [-0.15, -0.1) is 0 Å². The van der Waals surface area contributed by atoms with Crippen LogP contribution in [0.15, 0.2) is 0 Å². The lowest BCUT2D eigenvalue weighted by atomic mass is 9.83. The number of carbonyl (C=O) groups is 2. The van der Waals surface area contributed by atoms with Crippen molar-refractivity contribution in [3.05, 3.63) is 0 Å². The number of hydrogen-bond donors (Lipinski definition) is 1. The zero-order valence-electron chi connectivity index (χ0n) is 11.9. The number of nitrogens with zero attached hydrogens (tertiary/aromatic N) is 1. The van der Waals surface area contributed by atoms with Crippen LogP contribution in [-0.4, -0.2) is 54.3 Å². The van der Waals surface area contributed by atoms with Crippen molar-refractivity contribution in [1.29, 1.82) is 0 Å². The SMILES string of the molecule is C[C@H]1OC(=O)N[C@H]1C(=O)N1CCOC2(CCCCC2)C1. The van der Waals surface area contributed by atoms with Gasteiger partial charge in [-0.3, -0.25) is 4.79 Å². The summed E-state index contributed by atoms with van der Waals surface area (Å²) in [6.45, 7) is 3.57. The molecule has 0 radical (unpaired) electrons. The van der Waals surface area contributed by atoms with Gasteiger partial charge in [0.1, 0.15) is 12.1 Å². The Balaban J connectivity index is 1.67. The maximum atomic E-state index is 12.6. The van der Waals surface area contributed by atoms with Crippen molar-refractivity contribution in [2.75, 3.05) is 19.7 Å². The van der Waals surface area contributed by atoms with Crippen LogP contribution in [-0.2, 0) is 14.3 Å². The first-order chi connectivity index (χ1) is 9.60. The molecular formula is C14H22N2O4. The summed E-state index contributed by atoms with van der Waals surface area (Å²) in [6.07, 6.45) is 4.74. The second kappa shape index (κ2) is 5.24. The Kier molecular flexibility index (Phi) is 3.58. The highest BCUT2D eigenvalue weighted by Crippen LogP contribution is 2.34. The maximum Gasteiger partial charge on any atom is 0.408 e. The van der Waals surface area contributed by atoms with Crippen molar-refractivity contribution in [2.24, 2.45) is 0 Å². The van der Waals surface area contributed by atoms with Crippen LogP contribution < -0.4 is 5.32 Å². The zero-order valence-corrected chi connectivity index (χ0v) is 11.9. The van der Waals surface area contributed by atoms with Gasteiger partial charge in [0.15, 0.2) is 0 Å². The molecule has 3 aliphatic rings. The van der Waals surface area contributed by atoms with Gasteiger partial charge in [-0.1, -0.05) is 19.3 Å². The average molecular weight is 282 g/mol. The number of cyclic esters (lactones) is 1. The van der Waals surface area contributed by atoms with Crippen LogP contribution in [0.1, 0.15) is 39.0 Å². The third-order valence-corrected chi connectivity index (χ3v) is 4.63. The van der Waals surface area contributed by atoms with E-state index in [1.165, 1.54) is 19.3 Å². The first-order valence-electron chi connectivity index (χ1n) is 7.50. The number of ether oxygens (including phenoxy) is 2. The molecule has 2 amide bonds. The Hall–Kier alpha value is -1.30. The van der Waals surface area contributed by atoms with Gasteiger partial charge in [-0.25, -0.2) is 4.79 Å². The molecule has 2 atom stereocenters. The van der Waals surface area contributed by atoms with Crippen LogP contribution in [0.5, 0.6) is 0 Å². The molecule has 1 aliphatic carbocycles. The fourth-order valence-corrected chi connectivity index (χ4v) is 3.51. The number of amides is 2. The molecule has 2 saturated heterocycles. The summed E-state index contributed by atoms with van der Waals surface area (Å²) in [5.41, 5.74) is -0.154. The highest BCUT2D eigenvalue weighted by molar-refractivity contribution is 5.88. The highest BCUT2D eigenvalue weighted by atomic mass is 16.6. The van der Waals surface area contributed by atoms with Gasteiger partial charge in [0.05, 0.1) is 12.2 Å². The van der Waals surface area contributed by atoms with Crippen molar-refractivity contribution in [3.63, 3.8) is 0 Å². The summed E-state index contributed by atoms with van der Waals surface area (Å²) in [5.74, 6) is -0.0448. The highest BCUT2D eigenvalue weighted by Gasteiger charge is 2.44. The number of carbonyl (C=O) groups excluding carboxylic acids is 2. The summed E-state index contributed by atoms with van der Waals surface area (Å²) >= 11 is 0. The van der Waals surface area contributed by atoms with E-state index in [0.717, 1.165) is 12.8 Å². The van der Waals surface area contributed by atoms with Crippen molar-refractivity contribution >= 4 is 12.0 Å². The molecule has 2 heterocycles. The van der Waals surface area contributed by atoms with Crippen LogP contribution in [0, 0.1) is 0 Å². The molecule has 0 aromatic heterocycles. The summed E-state index contributed by atoms with van der Waals surface area (Å²) in [4.78, 5) is 25.6. The fourth-order valence-electron chi connectivity index (χ4n) is 3.51. The number of nitrogens with one attached hydrogen (secondary N) is 1. The van der Waals surface area contributed by atoms with Crippen LogP contribution in [0.3, 0.4) is 0 Å². The van der Waals surface area contributed by atoms with Gasteiger partial charge in [0.2, 0.25) is 5.91 Å². The minimum Gasteiger partial charge on any atom is -0.444 e. The second-order valence-electron chi connectivity index (χ2n) is 6.08. The quantitative estimate of drug-likeness (QED) is 0.780. The number of morpholine rings is 1. The molecule has 112 valence electrons. The third-order valence-electron chi connectivity index (χ3n) is 4.63. The van der Waals surface area contributed by atoms with E-state index in [4.69, 9.17) is 9.47 Å². The lowest BCUT2D eigenvalue weighted by Crippen LogP contribution is -2.58. The molecule has 3 fully saturated rings. The molecule has 1 N–H and O–H groups in total. The first-order valence-corrected chi connectivity index (χ1v) is 7.50. The molecule has 1 spiro atoms. The third kappa shape index (κ3) is 2.49. The van der Waals surface area contributed by atoms with Gasteiger partial charge in [-0.2, -0.15) is 0 Å². The average Bonchev–Trinajstić information content (AvgIpc) is 2.78. The Bertz CT molecular complexity index is 400. The fraction of sp³-hybridized carbons (Fsp3) is 0.857. The van der Waals surface area contributed by atoms with E-state index >= 15 is 0 Å².